The largest absolute Gasteiger partial charge is 0.477 e. The van der Waals surface area contributed by atoms with Gasteiger partial charge in [0.05, 0.1) is 5.69 Å². The van der Waals surface area contributed by atoms with Crippen LogP contribution < -0.4 is 5.32 Å². The van der Waals surface area contributed by atoms with Gasteiger partial charge in [0.25, 0.3) is 0 Å². The molecule has 0 radical (unpaired) electrons. The topological polar surface area (TPSA) is 75.6 Å². The molecule has 4 aromatic rings. The zero-order valence-corrected chi connectivity index (χ0v) is 16.6. The highest BCUT2D eigenvalue weighted by atomic mass is 32.1. The molecule has 30 heavy (non-hydrogen) atoms. The van der Waals surface area contributed by atoms with Crippen LogP contribution in [0.5, 0.6) is 0 Å². The maximum atomic E-state index is 12.6. The van der Waals surface area contributed by atoms with Crippen LogP contribution in [0.3, 0.4) is 0 Å². The van der Waals surface area contributed by atoms with Crippen LogP contribution in [-0.2, 0) is 4.74 Å². The van der Waals surface area contributed by atoms with E-state index in [2.05, 4.69) is 29.6 Å². The van der Waals surface area contributed by atoms with Crippen molar-refractivity contribution < 1.29 is 19.4 Å². The number of aromatic carboxylic acids is 1. The number of ether oxygens (including phenoxy) is 1. The van der Waals surface area contributed by atoms with Crippen LogP contribution in [-0.4, -0.2) is 23.8 Å². The SMILES string of the molecule is O=C(Nc1c(C(=O)O)sc2ccccc12)OCC1c2ccccc2-c2ccccc21. The minimum Gasteiger partial charge on any atom is -0.477 e. The number of carboxylic acids is 1. The summed E-state index contributed by atoms with van der Waals surface area (Å²) in [6.07, 6.45) is -0.664. The number of rotatable bonds is 4. The molecule has 5 nitrogen and oxygen atoms in total. The molecule has 148 valence electrons. The van der Waals surface area contributed by atoms with E-state index in [-0.39, 0.29) is 23.1 Å². The molecule has 6 heteroatoms. The Morgan fingerprint density at radius 3 is 2.17 bits per heavy atom. The molecule has 0 aliphatic heterocycles. The van der Waals surface area contributed by atoms with E-state index in [4.69, 9.17) is 4.74 Å². The Balaban J connectivity index is 1.39. The summed E-state index contributed by atoms with van der Waals surface area (Å²) in [7, 11) is 0. The lowest BCUT2D eigenvalue weighted by atomic mass is 9.98. The third-order valence-corrected chi connectivity index (χ3v) is 6.52. The van der Waals surface area contributed by atoms with E-state index in [1.54, 1.807) is 6.07 Å². The van der Waals surface area contributed by atoms with Crippen LogP contribution >= 0.6 is 11.3 Å². The second-order valence-corrected chi connectivity index (χ2v) is 8.11. The molecule has 0 unspecified atom stereocenters. The van der Waals surface area contributed by atoms with E-state index >= 15 is 0 Å². The predicted octanol–water partition coefficient (Wildman–Crippen LogP) is 5.96. The summed E-state index contributed by atoms with van der Waals surface area (Å²) in [5.74, 6) is -1.13. The summed E-state index contributed by atoms with van der Waals surface area (Å²) in [5.41, 5.74) is 4.83. The number of hydrogen-bond acceptors (Lipinski definition) is 4. The smallest absolute Gasteiger partial charge is 0.411 e. The van der Waals surface area contributed by atoms with Gasteiger partial charge in [0, 0.05) is 16.0 Å². The Morgan fingerprint density at radius 1 is 0.900 bits per heavy atom. The number of carbonyl (C=O) groups excluding carboxylic acids is 1. The molecule has 0 atom stereocenters. The quantitative estimate of drug-likeness (QED) is 0.431. The third-order valence-electron chi connectivity index (χ3n) is 5.36. The summed E-state index contributed by atoms with van der Waals surface area (Å²) in [6, 6.07) is 23.5. The van der Waals surface area contributed by atoms with Gasteiger partial charge in [-0.1, -0.05) is 66.7 Å². The van der Waals surface area contributed by atoms with E-state index < -0.39 is 12.1 Å². The third kappa shape index (κ3) is 3.02. The second-order valence-electron chi connectivity index (χ2n) is 7.06. The summed E-state index contributed by atoms with van der Waals surface area (Å²) in [6.45, 7) is 0.171. The first-order valence-electron chi connectivity index (χ1n) is 9.50. The normalized spacial score (nSPS) is 12.4. The van der Waals surface area contributed by atoms with Crippen molar-refractivity contribution in [3.63, 3.8) is 0 Å². The summed E-state index contributed by atoms with van der Waals surface area (Å²) < 4.78 is 6.35. The Bertz CT molecular complexity index is 1250. The number of anilines is 1. The van der Waals surface area contributed by atoms with Gasteiger partial charge in [-0.25, -0.2) is 9.59 Å². The molecule has 1 heterocycles. The lowest BCUT2D eigenvalue weighted by Gasteiger charge is -2.14. The number of carbonyl (C=O) groups is 2. The van der Waals surface area contributed by atoms with Crippen molar-refractivity contribution in [2.45, 2.75) is 5.92 Å². The molecule has 0 saturated heterocycles. The van der Waals surface area contributed by atoms with Crippen LogP contribution in [0.15, 0.2) is 72.8 Å². The zero-order chi connectivity index (χ0) is 20.7. The molecule has 3 aromatic carbocycles. The van der Waals surface area contributed by atoms with Gasteiger partial charge in [0.15, 0.2) is 0 Å². The number of hydrogen-bond donors (Lipinski definition) is 2. The Hall–Kier alpha value is -3.64. The molecule has 2 N–H and O–H groups in total. The van der Waals surface area contributed by atoms with Gasteiger partial charge in [-0.3, -0.25) is 5.32 Å². The standard InChI is InChI=1S/C24H17NO4S/c26-23(27)22-21(18-11-5-6-12-20(18)30-22)25-24(28)29-13-19-16-9-3-1-7-14(16)15-8-2-4-10-17(15)19/h1-12,19H,13H2,(H,25,28)(H,26,27). The fourth-order valence-corrected chi connectivity index (χ4v) is 5.05. The van der Waals surface area contributed by atoms with Gasteiger partial charge in [-0.05, 0) is 28.3 Å². The molecule has 0 bridgehead atoms. The fraction of sp³-hybridized carbons (Fsp3) is 0.0833. The lowest BCUT2D eigenvalue weighted by molar-refractivity contribution is 0.0703. The van der Waals surface area contributed by atoms with Crippen molar-refractivity contribution in [2.75, 3.05) is 11.9 Å². The molecule has 0 fully saturated rings. The highest BCUT2D eigenvalue weighted by Gasteiger charge is 2.29. The summed E-state index contributed by atoms with van der Waals surface area (Å²) in [5, 5.41) is 12.9. The number of nitrogens with one attached hydrogen (secondary N) is 1. The van der Waals surface area contributed by atoms with Crippen molar-refractivity contribution in [2.24, 2.45) is 0 Å². The van der Waals surface area contributed by atoms with Crippen LogP contribution in [0, 0.1) is 0 Å². The lowest BCUT2D eigenvalue weighted by Crippen LogP contribution is -2.18. The molecule has 0 spiro atoms. The van der Waals surface area contributed by atoms with Gasteiger partial charge in [0.1, 0.15) is 11.5 Å². The molecule has 0 saturated carbocycles. The Labute approximate surface area is 176 Å². The molecule has 5 rings (SSSR count). The van der Waals surface area contributed by atoms with Gasteiger partial charge in [-0.15, -0.1) is 11.3 Å². The first-order valence-corrected chi connectivity index (χ1v) is 10.3. The first kappa shape index (κ1) is 18.4. The zero-order valence-electron chi connectivity index (χ0n) is 15.8. The molecule has 1 aromatic heterocycles. The second kappa shape index (κ2) is 7.31. The van der Waals surface area contributed by atoms with Crippen LogP contribution in [0.1, 0.15) is 26.7 Å². The first-order chi connectivity index (χ1) is 14.6. The van der Waals surface area contributed by atoms with Gasteiger partial charge < -0.3 is 9.84 Å². The number of carboxylic acid groups (broad SMARTS) is 1. The van der Waals surface area contributed by atoms with Crippen molar-refractivity contribution in [3.8, 4) is 11.1 Å². The van der Waals surface area contributed by atoms with Gasteiger partial charge in [-0.2, -0.15) is 0 Å². The van der Waals surface area contributed by atoms with E-state index in [0.717, 1.165) is 38.3 Å². The number of fused-ring (bicyclic) bond motifs is 4. The van der Waals surface area contributed by atoms with E-state index in [1.165, 1.54) is 0 Å². The molecular formula is C24H17NO4S. The highest BCUT2D eigenvalue weighted by molar-refractivity contribution is 7.21. The molecule has 1 amide bonds. The Kier molecular flexibility index (Phi) is 4.48. The average molecular weight is 415 g/mol. The van der Waals surface area contributed by atoms with Crippen LogP contribution in [0.2, 0.25) is 0 Å². The van der Waals surface area contributed by atoms with Crippen molar-refractivity contribution >= 4 is 39.2 Å². The minimum atomic E-state index is -1.08. The summed E-state index contributed by atoms with van der Waals surface area (Å²) in [4.78, 5) is 24.3. The predicted molar refractivity (Wildman–Crippen MR) is 117 cm³/mol. The average Bonchev–Trinajstić information content (AvgIpc) is 3.29. The maximum absolute atomic E-state index is 12.6. The summed E-state index contributed by atoms with van der Waals surface area (Å²) >= 11 is 1.13. The highest BCUT2D eigenvalue weighted by Crippen LogP contribution is 2.44. The van der Waals surface area contributed by atoms with Gasteiger partial charge in [0.2, 0.25) is 0 Å². The van der Waals surface area contributed by atoms with Crippen molar-refractivity contribution in [3.05, 3.63) is 88.8 Å². The van der Waals surface area contributed by atoms with E-state index in [9.17, 15) is 14.7 Å². The van der Waals surface area contributed by atoms with Gasteiger partial charge >= 0.3 is 12.1 Å². The number of benzene rings is 3. The Morgan fingerprint density at radius 2 is 1.50 bits per heavy atom. The van der Waals surface area contributed by atoms with Crippen molar-refractivity contribution in [1.29, 1.82) is 0 Å². The van der Waals surface area contributed by atoms with Crippen molar-refractivity contribution in [1.82, 2.24) is 0 Å². The fourth-order valence-electron chi connectivity index (χ4n) is 4.06. The van der Waals surface area contributed by atoms with Crippen LogP contribution in [0.4, 0.5) is 10.5 Å². The monoisotopic (exact) mass is 415 g/mol. The number of amides is 1. The molecule has 1 aliphatic carbocycles. The van der Waals surface area contributed by atoms with E-state index in [1.807, 2.05) is 42.5 Å². The van der Waals surface area contributed by atoms with Crippen LogP contribution in [0.25, 0.3) is 21.2 Å². The van der Waals surface area contributed by atoms with E-state index in [0.29, 0.717) is 5.39 Å². The maximum Gasteiger partial charge on any atom is 0.411 e. The minimum absolute atomic E-state index is 0.0543. The molecular weight excluding hydrogens is 398 g/mol. The molecule has 1 aliphatic rings. The number of thiophene rings is 1.